The van der Waals surface area contributed by atoms with Crippen molar-refractivity contribution in [2.24, 2.45) is 0 Å². The molecule has 6 nitrogen and oxygen atoms in total. The lowest BCUT2D eigenvalue weighted by molar-refractivity contribution is 0.0952. The molecular weight excluding hydrogens is 368 g/mol. The second kappa shape index (κ2) is 9.41. The first-order valence-electron chi connectivity index (χ1n) is 9.06. The standard InChI is InChI=1S/C23H22N2O4/c1-28-18-12-17(13-19(14-18)29-2)22(26)25-21-11-7-6-10-20(21)23(27)24-15-16-8-4-3-5-9-16/h3-14H,15H2,1-2H3,(H,24,27)(H,25,26). The second-order valence-electron chi connectivity index (χ2n) is 6.27. The number of hydrogen-bond acceptors (Lipinski definition) is 4. The molecule has 0 unspecified atom stereocenters. The highest BCUT2D eigenvalue weighted by Gasteiger charge is 2.15. The smallest absolute Gasteiger partial charge is 0.255 e. The van der Waals surface area contributed by atoms with Crippen LogP contribution in [0.3, 0.4) is 0 Å². The number of carbonyl (C=O) groups excluding carboxylic acids is 2. The fourth-order valence-electron chi connectivity index (χ4n) is 2.80. The normalized spacial score (nSPS) is 10.1. The van der Waals surface area contributed by atoms with Crippen LogP contribution in [0.1, 0.15) is 26.3 Å². The van der Waals surface area contributed by atoms with Crippen molar-refractivity contribution in [1.29, 1.82) is 0 Å². The first kappa shape index (κ1) is 19.9. The molecule has 3 aromatic carbocycles. The van der Waals surface area contributed by atoms with Crippen molar-refractivity contribution in [2.45, 2.75) is 6.54 Å². The third-order valence-corrected chi connectivity index (χ3v) is 4.33. The van der Waals surface area contributed by atoms with Crippen LogP contribution in [0, 0.1) is 0 Å². The molecule has 148 valence electrons. The van der Waals surface area contributed by atoms with Crippen LogP contribution in [0.5, 0.6) is 11.5 Å². The zero-order valence-corrected chi connectivity index (χ0v) is 16.3. The van der Waals surface area contributed by atoms with E-state index in [2.05, 4.69) is 10.6 Å². The Bertz CT molecular complexity index is 981. The summed E-state index contributed by atoms with van der Waals surface area (Å²) < 4.78 is 10.4. The predicted octanol–water partition coefficient (Wildman–Crippen LogP) is 3.89. The molecule has 0 aliphatic rings. The Morgan fingerprint density at radius 2 is 1.41 bits per heavy atom. The number of methoxy groups -OCH3 is 2. The first-order chi connectivity index (χ1) is 14.1. The molecule has 2 N–H and O–H groups in total. The molecule has 29 heavy (non-hydrogen) atoms. The summed E-state index contributed by atoms with van der Waals surface area (Å²) in [4.78, 5) is 25.4. The van der Waals surface area contributed by atoms with Gasteiger partial charge in [-0.2, -0.15) is 0 Å². The maximum atomic E-state index is 12.8. The third-order valence-electron chi connectivity index (χ3n) is 4.33. The van der Waals surface area contributed by atoms with Crippen molar-refractivity contribution >= 4 is 17.5 Å². The van der Waals surface area contributed by atoms with Gasteiger partial charge in [0.1, 0.15) is 11.5 Å². The van der Waals surface area contributed by atoms with Crippen LogP contribution < -0.4 is 20.1 Å². The number of ether oxygens (including phenoxy) is 2. The number of para-hydroxylation sites is 1. The largest absolute Gasteiger partial charge is 0.497 e. The number of benzene rings is 3. The van der Waals surface area contributed by atoms with Crippen LogP contribution in [-0.4, -0.2) is 26.0 Å². The molecule has 0 saturated carbocycles. The molecule has 3 rings (SSSR count). The van der Waals surface area contributed by atoms with Gasteiger partial charge in [0, 0.05) is 18.2 Å². The Kier molecular flexibility index (Phi) is 6.47. The third kappa shape index (κ3) is 5.13. The van der Waals surface area contributed by atoms with Crippen molar-refractivity contribution in [1.82, 2.24) is 5.32 Å². The topological polar surface area (TPSA) is 76.7 Å². The SMILES string of the molecule is COc1cc(OC)cc(C(=O)Nc2ccccc2C(=O)NCc2ccccc2)c1. The first-order valence-corrected chi connectivity index (χ1v) is 9.06. The number of amides is 2. The number of nitrogens with one attached hydrogen (secondary N) is 2. The Morgan fingerprint density at radius 3 is 2.07 bits per heavy atom. The molecule has 2 amide bonds. The summed E-state index contributed by atoms with van der Waals surface area (Å²) in [5, 5.41) is 5.67. The summed E-state index contributed by atoms with van der Waals surface area (Å²) in [5.74, 6) is 0.366. The van der Waals surface area contributed by atoms with E-state index >= 15 is 0 Å². The fourth-order valence-corrected chi connectivity index (χ4v) is 2.80. The highest BCUT2D eigenvalue weighted by Crippen LogP contribution is 2.24. The van der Waals surface area contributed by atoms with E-state index in [1.54, 1.807) is 42.5 Å². The van der Waals surface area contributed by atoms with Crippen molar-refractivity contribution < 1.29 is 19.1 Å². The number of carbonyl (C=O) groups is 2. The van der Waals surface area contributed by atoms with Gasteiger partial charge in [-0.25, -0.2) is 0 Å². The molecule has 0 aliphatic heterocycles. The van der Waals surface area contributed by atoms with Gasteiger partial charge in [0.15, 0.2) is 0 Å². The summed E-state index contributed by atoms with van der Waals surface area (Å²) in [6, 6.07) is 21.4. The van der Waals surface area contributed by atoms with Gasteiger partial charge >= 0.3 is 0 Å². The molecule has 0 spiro atoms. The summed E-state index contributed by atoms with van der Waals surface area (Å²) in [6.07, 6.45) is 0. The van der Waals surface area contributed by atoms with E-state index in [1.165, 1.54) is 14.2 Å². The minimum Gasteiger partial charge on any atom is -0.497 e. The average Bonchev–Trinajstić information content (AvgIpc) is 2.78. The maximum absolute atomic E-state index is 12.8. The molecular formula is C23H22N2O4. The predicted molar refractivity (Wildman–Crippen MR) is 112 cm³/mol. The quantitative estimate of drug-likeness (QED) is 0.642. The minimum atomic E-state index is -0.370. The van der Waals surface area contributed by atoms with Crippen LogP contribution in [0.4, 0.5) is 5.69 Å². The molecule has 6 heteroatoms. The molecule has 0 aromatic heterocycles. The Balaban J connectivity index is 1.76. The van der Waals surface area contributed by atoms with Gasteiger partial charge in [0.25, 0.3) is 11.8 Å². The van der Waals surface area contributed by atoms with Crippen molar-refractivity contribution in [3.8, 4) is 11.5 Å². The van der Waals surface area contributed by atoms with Gasteiger partial charge < -0.3 is 20.1 Å². The summed E-state index contributed by atoms with van der Waals surface area (Å²) in [5.41, 5.74) is 2.16. The molecule has 0 radical (unpaired) electrons. The molecule has 3 aromatic rings. The number of hydrogen-bond donors (Lipinski definition) is 2. The zero-order valence-electron chi connectivity index (χ0n) is 16.3. The van der Waals surface area contributed by atoms with Gasteiger partial charge in [0.2, 0.25) is 0 Å². The lowest BCUT2D eigenvalue weighted by Gasteiger charge is -2.13. The lowest BCUT2D eigenvalue weighted by Crippen LogP contribution is -2.24. The van der Waals surface area contributed by atoms with Crippen LogP contribution in [-0.2, 0) is 6.54 Å². The van der Waals surface area contributed by atoms with Gasteiger partial charge in [-0.3, -0.25) is 9.59 Å². The second-order valence-corrected chi connectivity index (χ2v) is 6.27. The molecule has 0 heterocycles. The number of rotatable bonds is 7. The van der Waals surface area contributed by atoms with Gasteiger partial charge in [0.05, 0.1) is 25.5 Å². The summed E-state index contributed by atoms with van der Waals surface area (Å²) in [7, 11) is 3.03. The highest BCUT2D eigenvalue weighted by atomic mass is 16.5. The van der Waals surface area contributed by atoms with E-state index in [0.29, 0.717) is 34.9 Å². The van der Waals surface area contributed by atoms with Gasteiger partial charge in [-0.1, -0.05) is 42.5 Å². The van der Waals surface area contributed by atoms with E-state index in [0.717, 1.165) is 5.56 Å². The molecule has 0 saturated heterocycles. The molecule has 0 fully saturated rings. The van der Waals surface area contributed by atoms with Crippen LogP contribution in [0.25, 0.3) is 0 Å². The molecule has 0 atom stereocenters. The molecule has 0 bridgehead atoms. The van der Waals surface area contributed by atoms with Crippen molar-refractivity contribution in [3.63, 3.8) is 0 Å². The van der Waals surface area contributed by atoms with Crippen LogP contribution in [0.15, 0.2) is 72.8 Å². The van der Waals surface area contributed by atoms with Crippen LogP contribution >= 0.6 is 0 Å². The van der Waals surface area contributed by atoms with Gasteiger partial charge in [-0.05, 0) is 29.8 Å². The van der Waals surface area contributed by atoms with E-state index < -0.39 is 0 Å². The lowest BCUT2D eigenvalue weighted by atomic mass is 10.1. The fraction of sp³-hybridized carbons (Fsp3) is 0.130. The number of anilines is 1. The molecule has 0 aliphatic carbocycles. The minimum absolute atomic E-state index is 0.270. The van der Waals surface area contributed by atoms with E-state index in [-0.39, 0.29) is 11.8 Å². The summed E-state index contributed by atoms with van der Waals surface area (Å²) >= 11 is 0. The van der Waals surface area contributed by atoms with E-state index in [9.17, 15) is 9.59 Å². The van der Waals surface area contributed by atoms with Crippen LogP contribution in [0.2, 0.25) is 0 Å². The Morgan fingerprint density at radius 1 is 0.793 bits per heavy atom. The maximum Gasteiger partial charge on any atom is 0.255 e. The Hall–Kier alpha value is -3.80. The van der Waals surface area contributed by atoms with E-state index in [4.69, 9.17) is 9.47 Å². The monoisotopic (exact) mass is 390 g/mol. The average molecular weight is 390 g/mol. The van der Waals surface area contributed by atoms with Gasteiger partial charge in [-0.15, -0.1) is 0 Å². The van der Waals surface area contributed by atoms with Crippen molar-refractivity contribution in [2.75, 3.05) is 19.5 Å². The highest BCUT2D eigenvalue weighted by molar-refractivity contribution is 6.09. The Labute approximate surface area is 169 Å². The zero-order chi connectivity index (χ0) is 20.6. The van der Waals surface area contributed by atoms with E-state index in [1.807, 2.05) is 30.3 Å². The van der Waals surface area contributed by atoms with Crippen molar-refractivity contribution in [3.05, 3.63) is 89.5 Å². The summed E-state index contributed by atoms with van der Waals surface area (Å²) in [6.45, 7) is 0.398.